The minimum atomic E-state index is -0.421. The monoisotopic (exact) mass is 552 g/mol. The molecule has 1 atom stereocenters. The zero-order chi connectivity index (χ0) is 25.8. The molecule has 5 nitrogen and oxygen atoms in total. The van der Waals surface area contributed by atoms with Crippen molar-refractivity contribution in [3.8, 4) is 22.9 Å². The van der Waals surface area contributed by atoms with Crippen LogP contribution in [0.3, 0.4) is 0 Å². The number of aromatic nitrogens is 2. The molecule has 3 aromatic rings. The number of hydrogen-bond acceptors (Lipinski definition) is 5. The van der Waals surface area contributed by atoms with Gasteiger partial charge in [-0.25, -0.2) is 14.8 Å². The Morgan fingerprint density at radius 1 is 0.917 bits per heavy atom. The van der Waals surface area contributed by atoms with Crippen molar-refractivity contribution in [2.45, 2.75) is 84.7 Å². The van der Waals surface area contributed by atoms with Crippen molar-refractivity contribution < 1.29 is 14.3 Å². The van der Waals surface area contributed by atoms with Gasteiger partial charge in [0.2, 0.25) is 0 Å². The van der Waals surface area contributed by atoms with Gasteiger partial charge in [-0.3, -0.25) is 0 Å². The van der Waals surface area contributed by atoms with Crippen molar-refractivity contribution >= 4 is 21.9 Å². The van der Waals surface area contributed by atoms with Crippen molar-refractivity contribution in [2.24, 2.45) is 0 Å². The number of aryl methyl sites for hydroxylation is 1. The second-order valence-electron chi connectivity index (χ2n) is 9.21. The molecule has 6 heteroatoms. The molecule has 2 aromatic carbocycles. The summed E-state index contributed by atoms with van der Waals surface area (Å²) in [6, 6.07) is 12.5. The van der Waals surface area contributed by atoms with Gasteiger partial charge in [0, 0.05) is 18.0 Å². The Morgan fingerprint density at radius 3 is 2.28 bits per heavy atom. The number of carbonyl (C=O) groups excluding carboxylic acids is 1. The van der Waals surface area contributed by atoms with Crippen LogP contribution in [0.15, 0.2) is 59.3 Å². The van der Waals surface area contributed by atoms with E-state index in [0.717, 1.165) is 47.0 Å². The van der Waals surface area contributed by atoms with Crippen LogP contribution >= 0.6 is 15.9 Å². The second-order valence-corrected chi connectivity index (χ2v) is 10.1. The molecule has 0 N–H and O–H groups in total. The number of carbonyl (C=O) groups is 1. The minimum absolute atomic E-state index is 0.121. The molecule has 0 aliphatic rings. The van der Waals surface area contributed by atoms with E-state index in [1.807, 2.05) is 30.6 Å². The van der Waals surface area contributed by atoms with Crippen LogP contribution in [0.1, 0.15) is 88.1 Å². The first-order valence-electron chi connectivity index (χ1n) is 13.1. The van der Waals surface area contributed by atoms with E-state index < -0.39 is 5.97 Å². The van der Waals surface area contributed by atoms with Crippen LogP contribution in [0.25, 0.3) is 11.4 Å². The molecule has 0 bridgehead atoms. The fraction of sp³-hybridized carbons (Fsp3) is 0.433. The summed E-state index contributed by atoms with van der Waals surface area (Å²) in [7, 11) is 0. The summed E-state index contributed by atoms with van der Waals surface area (Å²) in [4.78, 5) is 21.7. The molecule has 0 fully saturated rings. The third kappa shape index (κ3) is 8.74. The predicted molar refractivity (Wildman–Crippen MR) is 149 cm³/mol. The molecule has 1 heterocycles. The smallest absolute Gasteiger partial charge is 0.343 e. The normalized spacial score (nSPS) is 11.8. The van der Waals surface area contributed by atoms with E-state index >= 15 is 0 Å². The molecular weight excluding hydrogens is 516 g/mol. The van der Waals surface area contributed by atoms with Crippen LogP contribution in [-0.2, 0) is 6.42 Å². The topological polar surface area (TPSA) is 61.3 Å². The van der Waals surface area contributed by atoms with Crippen LogP contribution in [0.4, 0.5) is 0 Å². The van der Waals surface area contributed by atoms with Crippen molar-refractivity contribution in [3.63, 3.8) is 0 Å². The highest BCUT2D eigenvalue weighted by molar-refractivity contribution is 9.10. The van der Waals surface area contributed by atoms with Crippen molar-refractivity contribution in [3.05, 3.63) is 70.5 Å². The second kappa shape index (κ2) is 14.7. The van der Waals surface area contributed by atoms with Crippen molar-refractivity contribution in [2.75, 3.05) is 0 Å². The summed E-state index contributed by atoms with van der Waals surface area (Å²) in [5.74, 6) is 1.44. The largest absolute Gasteiger partial charge is 0.490 e. The highest BCUT2D eigenvalue weighted by atomic mass is 79.9. The summed E-state index contributed by atoms with van der Waals surface area (Å²) >= 11 is 3.53. The lowest BCUT2D eigenvalue weighted by Crippen LogP contribution is -2.13. The molecule has 1 aromatic heterocycles. The van der Waals surface area contributed by atoms with E-state index in [-0.39, 0.29) is 6.10 Å². The number of nitrogens with zero attached hydrogens (tertiary/aromatic N) is 2. The van der Waals surface area contributed by atoms with Gasteiger partial charge in [0.05, 0.1) is 16.1 Å². The van der Waals surface area contributed by atoms with E-state index in [9.17, 15) is 4.79 Å². The highest BCUT2D eigenvalue weighted by Gasteiger charge is 2.14. The number of ether oxygens (including phenoxy) is 2. The lowest BCUT2D eigenvalue weighted by molar-refractivity contribution is 0.0734. The van der Waals surface area contributed by atoms with Gasteiger partial charge in [-0.2, -0.15) is 0 Å². The van der Waals surface area contributed by atoms with E-state index in [4.69, 9.17) is 9.47 Å². The number of halogens is 1. The Labute approximate surface area is 223 Å². The maximum absolute atomic E-state index is 12.7. The zero-order valence-corrected chi connectivity index (χ0v) is 23.2. The lowest BCUT2D eigenvalue weighted by Gasteiger charge is -2.16. The summed E-state index contributed by atoms with van der Waals surface area (Å²) in [5.41, 5.74) is 2.49. The first-order chi connectivity index (χ1) is 17.5. The molecule has 36 heavy (non-hydrogen) atoms. The summed E-state index contributed by atoms with van der Waals surface area (Å²) in [5, 5.41) is 0. The molecule has 3 rings (SSSR count). The zero-order valence-electron chi connectivity index (χ0n) is 21.6. The van der Waals surface area contributed by atoms with Gasteiger partial charge in [-0.15, -0.1) is 0 Å². The van der Waals surface area contributed by atoms with E-state index in [0.29, 0.717) is 17.1 Å². The van der Waals surface area contributed by atoms with Crippen molar-refractivity contribution in [1.82, 2.24) is 9.97 Å². The third-order valence-electron chi connectivity index (χ3n) is 6.06. The fourth-order valence-electron chi connectivity index (χ4n) is 3.91. The van der Waals surface area contributed by atoms with Gasteiger partial charge >= 0.3 is 5.97 Å². The van der Waals surface area contributed by atoms with Gasteiger partial charge in [0.25, 0.3) is 0 Å². The average Bonchev–Trinajstić information content (AvgIpc) is 2.89. The van der Waals surface area contributed by atoms with E-state index in [1.54, 1.807) is 24.3 Å². The summed E-state index contributed by atoms with van der Waals surface area (Å²) in [6.07, 6.45) is 14.4. The van der Waals surface area contributed by atoms with Crippen molar-refractivity contribution in [1.29, 1.82) is 0 Å². The quantitative estimate of drug-likeness (QED) is 0.114. The Morgan fingerprint density at radius 2 is 1.61 bits per heavy atom. The van der Waals surface area contributed by atoms with Crippen LogP contribution in [0.2, 0.25) is 0 Å². The van der Waals surface area contributed by atoms with Crippen LogP contribution < -0.4 is 9.47 Å². The SMILES string of the molecule is CCCCCCC(C)Oc1ccc(C(=O)Oc2ccc(-c3ncc(CCCCC)cn3)cc2)cc1Br. The standard InChI is InChI=1S/C30H37BrN2O3/c1-4-6-8-10-11-22(3)35-28-18-15-25(19-27(28)31)30(34)36-26-16-13-24(14-17-26)29-32-20-23(21-33-29)12-9-7-5-2/h13-22H,4-12H2,1-3H3. The molecule has 0 amide bonds. The summed E-state index contributed by atoms with van der Waals surface area (Å²) in [6.45, 7) is 6.49. The van der Waals surface area contributed by atoms with Gasteiger partial charge in [0.1, 0.15) is 11.5 Å². The molecule has 0 aliphatic heterocycles. The van der Waals surface area contributed by atoms with Crippen LogP contribution in [0, 0.1) is 0 Å². The Kier molecular flexibility index (Phi) is 11.4. The fourth-order valence-corrected chi connectivity index (χ4v) is 4.38. The number of benzene rings is 2. The minimum Gasteiger partial charge on any atom is -0.490 e. The molecular formula is C30H37BrN2O3. The molecule has 0 spiro atoms. The first-order valence-corrected chi connectivity index (χ1v) is 13.9. The molecule has 192 valence electrons. The lowest BCUT2D eigenvalue weighted by atomic mass is 10.1. The highest BCUT2D eigenvalue weighted by Crippen LogP contribution is 2.28. The van der Waals surface area contributed by atoms with Gasteiger partial charge < -0.3 is 9.47 Å². The number of esters is 1. The van der Waals surface area contributed by atoms with Crippen LogP contribution in [-0.4, -0.2) is 22.0 Å². The Hall–Kier alpha value is -2.73. The first kappa shape index (κ1) is 27.9. The summed E-state index contributed by atoms with van der Waals surface area (Å²) < 4.78 is 12.4. The van der Waals surface area contributed by atoms with Gasteiger partial charge in [-0.05, 0) is 96.6 Å². The maximum Gasteiger partial charge on any atom is 0.343 e. The van der Waals surface area contributed by atoms with Crippen LogP contribution in [0.5, 0.6) is 11.5 Å². The molecule has 0 saturated heterocycles. The Bertz CT molecular complexity index is 1080. The predicted octanol–water partition coefficient (Wildman–Crippen LogP) is 8.60. The molecule has 0 saturated carbocycles. The number of rotatable bonds is 14. The number of unbranched alkanes of at least 4 members (excludes halogenated alkanes) is 5. The molecule has 1 unspecified atom stereocenters. The molecule has 0 aliphatic carbocycles. The van der Waals surface area contributed by atoms with Gasteiger partial charge in [0.15, 0.2) is 5.82 Å². The number of hydrogen-bond donors (Lipinski definition) is 0. The van der Waals surface area contributed by atoms with E-state index in [2.05, 4.69) is 46.7 Å². The molecule has 0 radical (unpaired) electrons. The van der Waals surface area contributed by atoms with Gasteiger partial charge in [-0.1, -0.05) is 46.0 Å². The third-order valence-corrected chi connectivity index (χ3v) is 6.68. The van der Waals surface area contributed by atoms with E-state index in [1.165, 1.54) is 32.1 Å². The Balaban J connectivity index is 1.54. The average molecular weight is 554 g/mol. The maximum atomic E-state index is 12.7.